The van der Waals surface area contributed by atoms with E-state index in [1.165, 1.54) is 0 Å². The highest BCUT2D eigenvalue weighted by atomic mass is 16.5. The second kappa shape index (κ2) is 6.14. The summed E-state index contributed by atoms with van der Waals surface area (Å²) in [6.45, 7) is 4.63. The van der Waals surface area contributed by atoms with Crippen molar-refractivity contribution in [3.63, 3.8) is 0 Å². The number of esters is 1. The van der Waals surface area contributed by atoms with Crippen LogP contribution in [0.1, 0.15) is 24.3 Å². The molecule has 2 aromatic rings. The van der Waals surface area contributed by atoms with Gasteiger partial charge in [0.1, 0.15) is 11.4 Å². The van der Waals surface area contributed by atoms with Crippen LogP contribution in [0.3, 0.4) is 0 Å². The van der Waals surface area contributed by atoms with Crippen molar-refractivity contribution in [2.75, 3.05) is 18.9 Å². The number of hydrogen-bond donors (Lipinski definition) is 2. The fourth-order valence-corrected chi connectivity index (χ4v) is 1.94. The van der Waals surface area contributed by atoms with E-state index in [1.54, 1.807) is 13.1 Å². The Balaban J connectivity index is 2.27. The van der Waals surface area contributed by atoms with Gasteiger partial charge in [-0.3, -0.25) is 0 Å². The zero-order valence-corrected chi connectivity index (χ0v) is 11.6. The Morgan fingerprint density at radius 1 is 1.20 bits per heavy atom. The van der Waals surface area contributed by atoms with Crippen LogP contribution in [0.4, 0.5) is 5.69 Å². The molecule has 5 heteroatoms. The molecule has 0 aliphatic heterocycles. The molecule has 0 aliphatic carbocycles. The molecular weight excluding hydrogens is 256 g/mol. The fourth-order valence-electron chi connectivity index (χ4n) is 1.94. The molecule has 1 aromatic carbocycles. The molecule has 0 saturated carbocycles. The molecule has 5 nitrogen and oxygen atoms in total. The van der Waals surface area contributed by atoms with Gasteiger partial charge in [-0.1, -0.05) is 12.1 Å². The molecule has 20 heavy (non-hydrogen) atoms. The molecule has 0 radical (unpaired) electrons. The van der Waals surface area contributed by atoms with Crippen molar-refractivity contribution in [3.05, 3.63) is 36.2 Å². The largest absolute Gasteiger partial charge is 0.494 e. The first kappa shape index (κ1) is 14.0. The molecule has 0 bridgehead atoms. The van der Waals surface area contributed by atoms with Crippen LogP contribution in [-0.4, -0.2) is 24.2 Å². The van der Waals surface area contributed by atoms with E-state index in [4.69, 9.17) is 15.2 Å². The number of H-pyrrole nitrogens is 1. The third kappa shape index (κ3) is 2.77. The van der Waals surface area contributed by atoms with E-state index in [2.05, 4.69) is 4.98 Å². The van der Waals surface area contributed by atoms with Crippen molar-refractivity contribution < 1.29 is 14.3 Å². The predicted molar refractivity (Wildman–Crippen MR) is 77.8 cm³/mol. The number of benzene rings is 1. The number of nitrogens with two attached hydrogens (primary N) is 1. The van der Waals surface area contributed by atoms with Crippen molar-refractivity contribution in [3.8, 4) is 16.9 Å². The number of carbonyl (C=O) groups is 1. The number of carbonyl (C=O) groups excluding carboxylic acids is 1. The standard InChI is InChI=1S/C15H18N2O3/c1-3-19-11-7-5-10(6-8-11)12-9-17-14(13(12)16)15(18)20-4-2/h5-9,17H,3-4,16H2,1-2H3. The third-order valence-corrected chi connectivity index (χ3v) is 2.88. The lowest BCUT2D eigenvalue weighted by Gasteiger charge is -2.05. The van der Waals surface area contributed by atoms with Gasteiger partial charge in [-0.15, -0.1) is 0 Å². The lowest BCUT2D eigenvalue weighted by atomic mass is 10.1. The van der Waals surface area contributed by atoms with Gasteiger partial charge in [0.15, 0.2) is 0 Å². The van der Waals surface area contributed by atoms with E-state index in [-0.39, 0.29) is 5.69 Å². The first-order valence-electron chi connectivity index (χ1n) is 6.54. The van der Waals surface area contributed by atoms with Crippen LogP contribution in [0.25, 0.3) is 11.1 Å². The topological polar surface area (TPSA) is 77.3 Å². The van der Waals surface area contributed by atoms with Crippen LogP contribution < -0.4 is 10.5 Å². The van der Waals surface area contributed by atoms with Gasteiger partial charge in [0.25, 0.3) is 0 Å². The average Bonchev–Trinajstić information content (AvgIpc) is 2.82. The molecule has 3 N–H and O–H groups in total. The minimum absolute atomic E-state index is 0.288. The van der Waals surface area contributed by atoms with Crippen LogP contribution in [0.2, 0.25) is 0 Å². The molecule has 106 valence electrons. The Morgan fingerprint density at radius 2 is 1.90 bits per heavy atom. The van der Waals surface area contributed by atoms with E-state index >= 15 is 0 Å². The number of nitrogens with one attached hydrogen (secondary N) is 1. The number of hydrogen-bond acceptors (Lipinski definition) is 4. The van der Waals surface area contributed by atoms with E-state index in [1.807, 2.05) is 31.2 Å². The summed E-state index contributed by atoms with van der Waals surface area (Å²) in [5, 5.41) is 0. The zero-order valence-electron chi connectivity index (χ0n) is 11.6. The van der Waals surface area contributed by atoms with Gasteiger partial charge in [-0.05, 0) is 31.5 Å². The van der Waals surface area contributed by atoms with Crippen LogP contribution in [-0.2, 0) is 4.74 Å². The summed E-state index contributed by atoms with van der Waals surface area (Å²) in [6.07, 6.45) is 1.71. The monoisotopic (exact) mass is 274 g/mol. The van der Waals surface area contributed by atoms with E-state index < -0.39 is 5.97 Å². The second-order valence-electron chi connectivity index (χ2n) is 4.17. The molecule has 0 spiro atoms. The summed E-state index contributed by atoms with van der Waals surface area (Å²) in [6, 6.07) is 7.55. The molecule has 0 saturated heterocycles. The number of anilines is 1. The second-order valence-corrected chi connectivity index (χ2v) is 4.17. The quantitative estimate of drug-likeness (QED) is 0.822. The van der Waals surface area contributed by atoms with Crippen molar-refractivity contribution >= 4 is 11.7 Å². The lowest BCUT2D eigenvalue weighted by Crippen LogP contribution is -2.07. The molecule has 0 atom stereocenters. The van der Waals surface area contributed by atoms with Gasteiger partial charge < -0.3 is 20.2 Å². The maximum atomic E-state index is 11.7. The third-order valence-electron chi connectivity index (χ3n) is 2.88. The Hall–Kier alpha value is -2.43. The Morgan fingerprint density at radius 3 is 2.50 bits per heavy atom. The number of aromatic nitrogens is 1. The molecule has 0 unspecified atom stereocenters. The number of nitrogen functional groups attached to an aromatic ring is 1. The average molecular weight is 274 g/mol. The molecule has 0 aliphatic rings. The van der Waals surface area contributed by atoms with Gasteiger partial charge in [-0.25, -0.2) is 4.79 Å². The first-order chi connectivity index (χ1) is 9.67. The van der Waals surface area contributed by atoms with Crippen molar-refractivity contribution in [1.29, 1.82) is 0 Å². The molecule has 1 aromatic heterocycles. The predicted octanol–water partition coefficient (Wildman–Crippen LogP) is 2.84. The van der Waals surface area contributed by atoms with E-state index in [9.17, 15) is 4.79 Å². The maximum Gasteiger partial charge on any atom is 0.356 e. The van der Waals surface area contributed by atoms with Crippen molar-refractivity contribution in [2.24, 2.45) is 0 Å². The van der Waals surface area contributed by atoms with E-state index in [0.29, 0.717) is 18.9 Å². The normalized spacial score (nSPS) is 10.3. The lowest BCUT2D eigenvalue weighted by molar-refractivity contribution is 0.0521. The van der Waals surface area contributed by atoms with Gasteiger partial charge in [0.05, 0.1) is 18.9 Å². The van der Waals surface area contributed by atoms with Crippen LogP contribution in [0.5, 0.6) is 5.75 Å². The highest BCUT2D eigenvalue weighted by molar-refractivity contribution is 5.98. The van der Waals surface area contributed by atoms with Gasteiger partial charge in [0.2, 0.25) is 0 Å². The zero-order chi connectivity index (χ0) is 14.5. The Bertz CT molecular complexity index is 588. The fraction of sp³-hybridized carbons (Fsp3) is 0.267. The summed E-state index contributed by atoms with van der Waals surface area (Å²) >= 11 is 0. The van der Waals surface area contributed by atoms with Crippen LogP contribution >= 0.6 is 0 Å². The molecule has 2 rings (SSSR count). The summed E-state index contributed by atoms with van der Waals surface area (Å²) in [5.41, 5.74) is 8.37. The van der Waals surface area contributed by atoms with Crippen molar-refractivity contribution in [1.82, 2.24) is 4.98 Å². The Labute approximate surface area is 117 Å². The summed E-state index contributed by atoms with van der Waals surface area (Å²) in [5.74, 6) is 0.359. The van der Waals surface area contributed by atoms with Crippen LogP contribution in [0.15, 0.2) is 30.5 Å². The number of ether oxygens (including phenoxy) is 2. The number of aromatic amines is 1. The van der Waals surface area contributed by atoms with Gasteiger partial charge in [-0.2, -0.15) is 0 Å². The summed E-state index contributed by atoms with van der Waals surface area (Å²) in [4.78, 5) is 14.6. The molecule has 1 heterocycles. The summed E-state index contributed by atoms with van der Waals surface area (Å²) in [7, 11) is 0. The van der Waals surface area contributed by atoms with E-state index in [0.717, 1.165) is 16.9 Å². The minimum Gasteiger partial charge on any atom is -0.494 e. The maximum absolute atomic E-state index is 11.7. The summed E-state index contributed by atoms with van der Waals surface area (Å²) < 4.78 is 10.3. The Kier molecular flexibility index (Phi) is 4.30. The highest BCUT2D eigenvalue weighted by Gasteiger charge is 2.17. The van der Waals surface area contributed by atoms with Gasteiger partial charge >= 0.3 is 5.97 Å². The van der Waals surface area contributed by atoms with Crippen molar-refractivity contribution in [2.45, 2.75) is 13.8 Å². The smallest absolute Gasteiger partial charge is 0.356 e. The number of rotatable bonds is 5. The van der Waals surface area contributed by atoms with Gasteiger partial charge in [0, 0.05) is 11.8 Å². The highest BCUT2D eigenvalue weighted by Crippen LogP contribution is 2.30. The molecule has 0 fully saturated rings. The first-order valence-corrected chi connectivity index (χ1v) is 6.54. The SMILES string of the molecule is CCOC(=O)c1[nH]cc(-c2ccc(OCC)cc2)c1N. The molecular formula is C15H18N2O3. The minimum atomic E-state index is -0.442. The molecule has 0 amide bonds. The van der Waals surface area contributed by atoms with Crippen LogP contribution in [0, 0.1) is 0 Å².